The highest BCUT2D eigenvalue weighted by molar-refractivity contribution is 7.13. The van der Waals surface area contributed by atoms with Crippen LogP contribution in [0, 0.1) is 5.82 Å². The molecule has 4 aromatic rings. The Morgan fingerprint density at radius 2 is 1.91 bits per heavy atom. The van der Waals surface area contributed by atoms with E-state index in [0.29, 0.717) is 10.7 Å². The molecule has 0 aliphatic carbocycles. The van der Waals surface area contributed by atoms with Crippen molar-refractivity contribution in [2.45, 2.75) is 12.5 Å². The van der Waals surface area contributed by atoms with Crippen LogP contribution in [-0.2, 0) is 20.7 Å². The average molecular weight is 468 g/mol. The Labute approximate surface area is 191 Å². The molecule has 4 rings (SSSR count). The van der Waals surface area contributed by atoms with Crippen LogP contribution in [0.15, 0.2) is 71.6 Å². The van der Waals surface area contributed by atoms with E-state index in [9.17, 15) is 14.0 Å². The Bertz CT molecular complexity index is 1180. The number of halogens is 1. The number of rotatable bonds is 8. The van der Waals surface area contributed by atoms with Crippen LogP contribution in [0.3, 0.4) is 0 Å². The monoisotopic (exact) mass is 467 g/mol. The topological polar surface area (TPSA) is 81.2 Å². The molecule has 0 spiro atoms. The predicted octanol–water partition coefficient (Wildman–Crippen LogP) is 4.40. The summed E-state index contributed by atoms with van der Waals surface area (Å²) in [5.41, 5.74) is 2.03. The molecule has 0 bridgehead atoms. The van der Waals surface area contributed by atoms with Crippen molar-refractivity contribution in [3.8, 4) is 10.7 Å². The number of carbonyl (C=O) groups is 2. The van der Waals surface area contributed by atoms with Crippen molar-refractivity contribution in [1.82, 2.24) is 15.3 Å². The Morgan fingerprint density at radius 3 is 2.62 bits per heavy atom. The van der Waals surface area contributed by atoms with Crippen molar-refractivity contribution in [1.29, 1.82) is 0 Å². The van der Waals surface area contributed by atoms with Gasteiger partial charge in [-0.1, -0.05) is 24.3 Å². The lowest BCUT2D eigenvalue weighted by atomic mass is 10.1. The molecule has 9 heteroatoms. The first-order valence-corrected chi connectivity index (χ1v) is 11.4. The number of esters is 1. The molecular formula is C23H18FN3O3S2. The summed E-state index contributed by atoms with van der Waals surface area (Å²) in [6.45, 7) is -0.418. The molecule has 6 nitrogen and oxygen atoms in total. The van der Waals surface area contributed by atoms with Gasteiger partial charge in [0.25, 0.3) is 5.91 Å². The van der Waals surface area contributed by atoms with Gasteiger partial charge in [0, 0.05) is 16.5 Å². The van der Waals surface area contributed by atoms with Crippen molar-refractivity contribution < 1.29 is 18.7 Å². The maximum Gasteiger partial charge on any atom is 0.312 e. The highest BCUT2D eigenvalue weighted by atomic mass is 32.1. The molecule has 1 aromatic carbocycles. The molecule has 0 fully saturated rings. The summed E-state index contributed by atoms with van der Waals surface area (Å²) < 4.78 is 18.4. The van der Waals surface area contributed by atoms with Crippen molar-refractivity contribution in [2.75, 3.05) is 6.61 Å². The number of nitrogens with zero attached hydrogens (tertiary/aromatic N) is 2. The van der Waals surface area contributed by atoms with Crippen LogP contribution < -0.4 is 5.32 Å². The number of hydrogen-bond donors (Lipinski definition) is 1. The zero-order chi connectivity index (χ0) is 22.3. The summed E-state index contributed by atoms with van der Waals surface area (Å²) in [6, 6.07) is 14.7. The van der Waals surface area contributed by atoms with E-state index in [-0.39, 0.29) is 12.2 Å². The van der Waals surface area contributed by atoms with Crippen molar-refractivity contribution in [3.63, 3.8) is 0 Å². The minimum Gasteiger partial charge on any atom is -0.455 e. The summed E-state index contributed by atoms with van der Waals surface area (Å²) in [5, 5.41) is 7.23. The molecule has 3 heterocycles. The number of ether oxygens (including phenoxy) is 1. The van der Waals surface area contributed by atoms with E-state index in [4.69, 9.17) is 4.74 Å². The average Bonchev–Trinajstić information content (AvgIpc) is 3.50. The fraction of sp³-hybridized carbons (Fsp3) is 0.130. The van der Waals surface area contributed by atoms with Crippen molar-refractivity contribution >= 4 is 34.6 Å². The third-order valence-corrected chi connectivity index (χ3v) is 6.31. The van der Waals surface area contributed by atoms with Crippen LogP contribution in [0.1, 0.15) is 22.2 Å². The summed E-state index contributed by atoms with van der Waals surface area (Å²) in [7, 11) is 0. The van der Waals surface area contributed by atoms with Gasteiger partial charge in [-0.25, -0.2) is 9.37 Å². The molecule has 1 amide bonds. The fourth-order valence-corrected chi connectivity index (χ4v) is 4.57. The number of aromatic nitrogens is 2. The Kier molecular flexibility index (Phi) is 6.98. The first-order valence-electron chi connectivity index (χ1n) is 9.68. The van der Waals surface area contributed by atoms with Gasteiger partial charge in [0.2, 0.25) is 0 Å². The number of carbonyl (C=O) groups excluding carboxylic acids is 2. The maximum atomic E-state index is 13.3. The van der Waals surface area contributed by atoms with E-state index in [2.05, 4.69) is 15.3 Å². The first-order chi connectivity index (χ1) is 15.6. The molecule has 0 aliphatic heterocycles. The number of amides is 1. The zero-order valence-electron chi connectivity index (χ0n) is 16.7. The normalized spacial score (nSPS) is 11.7. The van der Waals surface area contributed by atoms with Crippen LogP contribution in [0.5, 0.6) is 0 Å². The molecule has 162 valence electrons. The van der Waals surface area contributed by atoms with Crippen LogP contribution in [0.25, 0.3) is 10.7 Å². The molecule has 1 unspecified atom stereocenters. The van der Waals surface area contributed by atoms with Gasteiger partial charge >= 0.3 is 5.97 Å². The van der Waals surface area contributed by atoms with Gasteiger partial charge in [-0.3, -0.25) is 14.6 Å². The minimum absolute atomic E-state index is 0.0388. The number of benzene rings is 1. The van der Waals surface area contributed by atoms with E-state index in [1.165, 1.54) is 34.8 Å². The second-order valence-corrected chi connectivity index (χ2v) is 8.60. The third-order valence-electron chi connectivity index (χ3n) is 4.46. The lowest BCUT2D eigenvalue weighted by molar-refractivity contribution is -0.148. The Morgan fingerprint density at radius 1 is 1.06 bits per heavy atom. The van der Waals surface area contributed by atoms with E-state index in [1.54, 1.807) is 23.7 Å². The first kappa shape index (κ1) is 21.8. The van der Waals surface area contributed by atoms with E-state index in [1.807, 2.05) is 35.7 Å². The Hall–Kier alpha value is -3.43. The minimum atomic E-state index is -0.549. The lowest BCUT2D eigenvalue weighted by Gasteiger charge is -2.18. The molecule has 0 aliphatic rings. The maximum absolute atomic E-state index is 13.3. The fourth-order valence-electron chi connectivity index (χ4n) is 2.97. The molecule has 3 aromatic heterocycles. The van der Waals surface area contributed by atoms with Gasteiger partial charge < -0.3 is 10.1 Å². The van der Waals surface area contributed by atoms with Gasteiger partial charge in [-0.05, 0) is 41.3 Å². The summed E-state index contributed by atoms with van der Waals surface area (Å²) >= 11 is 2.86. The van der Waals surface area contributed by atoms with Gasteiger partial charge in [0.15, 0.2) is 6.61 Å². The second kappa shape index (κ2) is 10.3. The quantitative estimate of drug-likeness (QED) is 0.389. The smallest absolute Gasteiger partial charge is 0.312 e. The van der Waals surface area contributed by atoms with Gasteiger partial charge in [-0.2, -0.15) is 0 Å². The van der Waals surface area contributed by atoms with Crippen molar-refractivity contribution in [3.05, 3.63) is 93.5 Å². The molecule has 1 atom stereocenters. The largest absolute Gasteiger partial charge is 0.455 e. The lowest BCUT2D eigenvalue weighted by Crippen LogP contribution is -2.33. The third kappa shape index (κ3) is 5.63. The number of nitrogens with one attached hydrogen (secondary N) is 1. The van der Waals surface area contributed by atoms with Crippen LogP contribution in [0.4, 0.5) is 4.39 Å². The van der Waals surface area contributed by atoms with E-state index in [0.717, 1.165) is 16.1 Å². The summed E-state index contributed by atoms with van der Waals surface area (Å²) in [4.78, 5) is 34.2. The molecule has 32 heavy (non-hydrogen) atoms. The Balaban J connectivity index is 1.33. The number of pyridine rings is 1. The SMILES string of the molecule is O=C(COC(=O)Cc1csc(-c2ccccn2)n1)NC(c1ccc(F)cc1)c1cccs1. The number of thiazole rings is 1. The second-order valence-electron chi connectivity index (χ2n) is 6.76. The molecule has 1 N–H and O–H groups in total. The van der Waals surface area contributed by atoms with Crippen LogP contribution in [0.2, 0.25) is 0 Å². The number of hydrogen-bond acceptors (Lipinski definition) is 7. The van der Waals surface area contributed by atoms with Crippen molar-refractivity contribution in [2.24, 2.45) is 0 Å². The van der Waals surface area contributed by atoms with Gasteiger partial charge in [0.05, 0.1) is 23.9 Å². The summed E-state index contributed by atoms with van der Waals surface area (Å²) in [6.07, 6.45) is 1.64. The highest BCUT2D eigenvalue weighted by Crippen LogP contribution is 2.26. The predicted molar refractivity (Wildman–Crippen MR) is 121 cm³/mol. The summed E-state index contributed by atoms with van der Waals surface area (Å²) in [5.74, 6) is -1.35. The standard InChI is InChI=1S/C23H18FN3O3S2/c24-16-8-6-15(7-9-16)22(19-5-3-11-31-19)27-20(28)13-30-21(29)12-17-14-32-23(26-17)18-4-1-2-10-25-18/h1-11,14,22H,12-13H2,(H,27,28). The van der Waals surface area contributed by atoms with Crippen LogP contribution >= 0.6 is 22.7 Å². The van der Waals surface area contributed by atoms with Crippen LogP contribution in [-0.4, -0.2) is 28.5 Å². The number of thiophene rings is 1. The van der Waals surface area contributed by atoms with Gasteiger partial charge in [0.1, 0.15) is 10.8 Å². The molecule has 0 radical (unpaired) electrons. The van der Waals surface area contributed by atoms with E-state index < -0.39 is 24.5 Å². The molecular weight excluding hydrogens is 449 g/mol. The van der Waals surface area contributed by atoms with Gasteiger partial charge in [-0.15, -0.1) is 22.7 Å². The highest BCUT2D eigenvalue weighted by Gasteiger charge is 2.19. The molecule has 0 saturated heterocycles. The molecule has 0 saturated carbocycles. The zero-order valence-corrected chi connectivity index (χ0v) is 18.4. The van der Waals surface area contributed by atoms with E-state index >= 15 is 0 Å².